The van der Waals surface area contributed by atoms with E-state index in [1.807, 2.05) is 31.2 Å². The van der Waals surface area contributed by atoms with Crippen LogP contribution in [0.5, 0.6) is 5.75 Å². The molecular formula is C16H24N2O4. The highest BCUT2D eigenvalue weighted by Crippen LogP contribution is 2.16. The predicted octanol–water partition coefficient (Wildman–Crippen LogP) is 1.54. The number of methoxy groups -OCH3 is 1. The molecule has 2 atom stereocenters. The maximum Gasteiger partial charge on any atom is 0.320 e. The Hall–Kier alpha value is -2.08. The number of para-hydroxylation sites is 1. The van der Waals surface area contributed by atoms with Crippen molar-refractivity contribution in [2.75, 3.05) is 7.11 Å². The molecule has 22 heavy (non-hydrogen) atoms. The molecule has 1 aromatic rings. The molecule has 0 saturated heterocycles. The van der Waals surface area contributed by atoms with E-state index in [0.29, 0.717) is 18.7 Å². The van der Waals surface area contributed by atoms with Crippen molar-refractivity contribution in [2.24, 2.45) is 0 Å². The second-order valence-corrected chi connectivity index (χ2v) is 5.10. The van der Waals surface area contributed by atoms with Gasteiger partial charge in [0.25, 0.3) is 0 Å². The lowest BCUT2D eigenvalue weighted by Crippen LogP contribution is -2.49. The first-order valence-corrected chi connectivity index (χ1v) is 7.38. The van der Waals surface area contributed by atoms with E-state index in [2.05, 4.69) is 10.6 Å². The Balaban J connectivity index is 2.55. The Morgan fingerprint density at radius 2 is 2.00 bits per heavy atom. The molecule has 3 N–H and O–H groups in total. The molecule has 1 aromatic carbocycles. The van der Waals surface area contributed by atoms with Gasteiger partial charge in [0.1, 0.15) is 11.8 Å². The number of hydrogen-bond donors (Lipinski definition) is 3. The van der Waals surface area contributed by atoms with Crippen molar-refractivity contribution in [1.82, 2.24) is 10.6 Å². The fourth-order valence-corrected chi connectivity index (χ4v) is 2.13. The van der Waals surface area contributed by atoms with E-state index in [1.54, 1.807) is 14.0 Å². The van der Waals surface area contributed by atoms with Gasteiger partial charge in [0.15, 0.2) is 0 Å². The average molecular weight is 308 g/mol. The third kappa shape index (κ3) is 5.37. The van der Waals surface area contributed by atoms with Crippen LogP contribution >= 0.6 is 0 Å². The molecule has 1 amide bonds. The average Bonchev–Trinajstić information content (AvgIpc) is 2.52. The zero-order valence-electron chi connectivity index (χ0n) is 13.3. The minimum Gasteiger partial charge on any atom is -0.496 e. The fourth-order valence-electron chi connectivity index (χ4n) is 2.13. The minimum atomic E-state index is -0.939. The molecule has 2 unspecified atom stereocenters. The quantitative estimate of drug-likeness (QED) is 0.644. The molecule has 0 heterocycles. The van der Waals surface area contributed by atoms with E-state index < -0.39 is 18.1 Å². The lowest BCUT2D eigenvalue weighted by atomic mass is 10.1. The third-order valence-electron chi connectivity index (χ3n) is 3.37. The van der Waals surface area contributed by atoms with E-state index in [0.717, 1.165) is 12.0 Å². The van der Waals surface area contributed by atoms with Gasteiger partial charge in [-0.15, -0.1) is 0 Å². The SMILES string of the molecule is CCCC(NC(C)C(=O)NCc1ccccc1OC)C(=O)O. The predicted molar refractivity (Wildman–Crippen MR) is 83.8 cm³/mol. The van der Waals surface area contributed by atoms with Crippen molar-refractivity contribution in [1.29, 1.82) is 0 Å². The maximum atomic E-state index is 12.1. The summed E-state index contributed by atoms with van der Waals surface area (Å²) < 4.78 is 5.22. The van der Waals surface area contributed by atoms with Gasteiger partial charge in [-0.3, -0.25) is 14.9 Å². The molecule has 6 heteroatoms. The first-order valence-electron chi connectivity index (χ1n) is 7.38. The number of carbonyl (C=O) groups excluding carboxylic acids is 1. The zero-order valence-corrected chi connectivity index (χ0v) is 13.3. The molecule has 0 radical (unpaired) electrons. The molecule has 122 valence electrons. The third-order valence-corrected chi connectivity index (χ3v) is 3.37. The van der Waals surface area contributed by atoms with Crippen molar-refractivity contribution < 1.29 is 19.4 Å². The number of aliphatic carboxylic acids is 1. The standard InChI is InChI=1S/C16H24N2O4/c1-4-7-13(16(20)21)18-11(2)15(19)17-10-12-8-5-6-9-14(12)22-3/h5-6,8-9,11,13,18H,4,7,10H2,1-3H3,(H,17,19)(H,20,21). The Bertz CT molecular complexity index is 505. The summed E-state index contributed by atoms with van der Waals surface area (Å²) in [4.78, 5) is 23.2. The van der Waals surface area contributed by atoms with E-state index in [4.69, 9.17) is 9.84 Å². The van der Waals surface area contributed by atoms with E-state index in [1.165, 1.54) is 0 Å². The number of benzene rings is 1. The maximum absolute atomic E-state index is 12.1. The summed E-state index contributed by atoms with van der Waals surface area (Å²) >= 11 is 0. The monoisotopic (exact) mass is 308 g/mol. The second kappa shape index (κ2) is 9.04. The molecule has 0 bridgehead atoms. The number of ether oxygens (including phenoxy) is 1. The van der Waals surface area contributed by atoms with Crippen molar-refractivity contribution in [3.05, 3.63) is 29.8 Å². The summed E-state index contributed by atoms with van der Waals surface area (Å²) in [6, 6.07) is 6.13. The van der Waals surface area contributed by atoms with Crippen molar-refractivity contribution in [3.8, 4) is 5.75 Å². The largest absolute Gasteiger partial charge is 0.496 e. The number of carbonyl (C=O) groups is 2. The lowest BCUT2D eigenvalue weighted by molar-refractivity contribution is -0.140. The summed E-state index contributed by atoms with van der Waals surface area (Å²) in [5.41, 5.74) is 0.869. The number of carboxylic acid groups (broad SMARTS) is 1. The molecule has 0 spiro atoms. The molecule has 1 rings (SSSR count). The molecule has 0 fully saturated rings. The van der Waals surface area contributed by atoms with Crippen LogP contribution in [-0.4, -0.2) is 36.2 Å². The first kappa shape index (κ1) is 18.0. The lowest BCUT2D eigenvalue weighted by Gasteiger charge is -2.19. The Labute approximate surface area is 130 Å². The fraction of sp³-hybridized carbons (Fsp3) is 0.500. The van der Waals surface area contributed by atoms with Gasteiger partial charge >= 0.3 is 5.97 Å². The normalized spacial score (nSPS) is 13.2. The molecular weight excluding hydrogens is 284 g/mol. The van der Waals surface area contributed by atoms with Crippen LogP contribution in [-0.2, 0) is 16.1 Å². The van der Waals surface area contributed by atoms with Crippen LogP contribution in [0.4, 0.5) is 0 Å². The van der Waals surface area contributed by atoms with Gasteiger partial charge in [0.05, 0.1) is 13.2 Å². The summed E-state index contributed by atoms with van der Waals surface area (Å²) in [5.74, 6) is -0.475. The van der Waals surface area contributed by atoms with Crippen LogP contribution in [0.15, 0.2) is 24.3 Å². The van der Waals surface area contributed by atoms with E-state index in [9.17, 15) is 9.59 Å². The van der Waals surface area contributed by atoms with Gasteiger partial charge in [0, 0.05) is 12.1 Å². The number of carboxylic acids is 1. The smallest absolute Gasteiger partial charge is 0.320 e. The first-order chi connectivity index (χ1) is 10.5. The van der Waals surface area contributed by atoms with Crippen LogP contribution in [0.25, 0.3) is 0 Å². The Morgan fingerprint density at radius 1 is 1.32 bits per heavy atom. The molecule has 0 aliphatic rings. The molecule has 0 aliphatic heterocycles. The van der Waals surface area contributed by atoms with Gasteiger partial charge < -0.3 is 15.2 Å². The number of hydrogen-bond acceptors (Lipinski definition) is 4. The van der Waals surface area contributed by atoms with Gasteiger partial charge in [-0.05, 0) is 19.4 Å². The van der Waals surface area contributed by atoms with Crippen molar-refractivity contribution in [2.45, 2.75) is 45.3 Å². The topological polar surface area (TPSA) is 87.7 Å². The van der Waals surface area contributed by atoms with Gasteiger partial charge in [-0.25, -0.2) is 0 Å². The highest BCUT2D eigenvalue weighted by Gasteiger charge is 2.22. The highest BCUT2D eigenvalue weighted by atomic mass is 16.5. The molecule has 0 saturated carbocycles. The van der Waals surface area contributed by atoms with Crippen LogP contribution in [0, 0.1) is 0 Å². The Kier molecular flexibility index (Phi) is 7.39. The molecule has 0 aromatic heterocycles. The number of amides is 1. The van der Waals surface area contributed by atoms with Crippen LogP contribution in [0.2, 0.25) is 0 Å². The summed E-state index contributed by atoms with van der Waals surface area (Å²) in [7, 11) is 1.58. The minimum absolute atomic E-state index is 0.242. The molecule has 0 aliphatic carbocycles. The van der Waals surface area contributed by atoms with Gasteiger partial charge in [-0.2, -0.15) is 0 Å². The summed E-state index contributed by atoms with van der Waals surface area (Å²) in [5, 5.41) is 14.7. The van der Waals surface area contributed by atoms with Gasteiger partial charge in [0.2, 0.25) is 5.91 Å². The Morgan fingerprint density at radius 3 is 2.59 bits per heavy atom. The van der Waals surface area contributed by atoms with Gasteiger partial charge in [-0.1, -0.05) is 31.5 Å². The van der Waals surface area contributed by atoms with Crippen LogP contribution in [0.1, 0.15) is 32.3 Å². The number of nitrogens with one attached hydrogen (secondary N) is 2. The van der Waals surface area contributed by atoms with Crippen LogP contribution < -0.4 is 15.4 Å². The summed E-state index contributed by atoms with van der Waals surface area (Å²) in [6.07, 6.45) is 1.22. The van der Waals surface area contributed by atoms with Crippen molar-refractivity contribution >= 4 is 11.9 Å². The van der Waals surface area contributed by atoms with Crippen molar-refractivity contribution in [3.63, 3.8) is 0 Å². The number of rotatable bonds is 9. The molecule has 6 nitrogen and oxygen atoms in total. The summed E-state index contributed by atoms with van der Waals surface area (Å²) in [6.45, 7) is 3.90. The highest BCUT2D eigenvalue weighted by molar-refractivity contribution is 5.82. The van der Waals surface area contributed by atoms with E-state index >= 15 is 0 Å². The van der Waals surface area contributed by atoms with E-state index in [-0.39, 0.29) is 5.91 Å². The van der Waals surface area contributed by atoms with Crippen LogP contribution in [0.3, 0.4) is 0 Å². The second-order valence-electron chi connectivity index (χ2n) is 5.10. The zero-order chi connectivity index (χ0) is 16.5.